The molecule has 4 heteroatoms. The van der Waals surface area contributed by atoms with Crippen LogP contribution in [0, 0.1) is 12.7 Å². The third-order valence-corrected chi connectivity index (χ3v) is 3.71. The summed E-state index contributed by atoms with van der Waals surface area (Å²) in [7, 11) is 0. The van der Waals surface area contributed by atoms with E-state index in [0.29, 0.717) is 0 Å². The van der Waals surface area contributed by atoms with Gasteiger partial charge in [-0.25, -0.2) is 4.39 Å². The Morgan fingerprint density at radius 1 is 1.29 bits per heavy atom. The molecule has 108 valence electrons. The van der Waals surface area contributed by atoms with E-state index in [4.69, 9.17) is 0 Å². The number of hydrogen-bond donors (Lipinski definition) is 2. The second-order valence-corrected chi connectivity index (χ2v) is 5.30. The molecular weight excluding hydrogens is 267 g/mol. The molecule has 1 aliphatic heterocycles. The van der Waals surface area contributed by atoms with Crippen molar-refractivity contribution in [2.45, 2.75) is 19.8 Å². The second kappa shape index (κ2) is 5.56. The predicted octanol–water partition coefficient (Wildman–Crippen LogP) is 3.74. The molecule has 0 radical (unpaired) electrons. The first kappa shape index (κ1) is 13.6. The van der Waals surface area contributed by atoms with E-state index in [9.17, 15) is 9.18 Å². The molecule has 0 spiro atoms. The average Bonchev–Trinajstić information content (AvgIpc) is 2.50. The first-order chi connectivity index (χ1) is 10.1. The molecule has 0 aliphatic carbocycles. The summed E-state index contributed by atoms with van der Waals surface area (Å²) in [6.07, 6.45) is 1.94. The largest absolute Gasteiger partial charge is 0.385 e. The molecule has 21 heavy (non-hydrogen) atoms. The molecule has 3 rings (SSSR count). The summed E-state index contributed by atoms with van der Waals surface area (Å²) in [5, 5.41) is 6.15. The molecule has 0 fully saturated rings. The summed E-state index contributed by atoms with van der Waals surface area (Å²) < 4.78 is 13.8. The lowest BCUT2D eigenvalue weighted by atomic mass is 10.0. The SMILES string of the molecule is Cc1ccc(F)c(C(=O)Nc2cccc3c2CCCN3)c1. The number of halogens is 1. The van der Waals surface area contributed by atoms with E-state index < -0.39 is 11.7 Å². The Kier molecular flexibility index (Phi) is 3.60. The van der Waals surface area contributed by atoms with E-state index in [1.165, 1.54) is 6.07 Å². The zero-order chi connectivity index (χ0) is 14.8. The van der Waals surface area contributed by atoms with Crippen molar-refractivity contribution < 1.29 is 9.18 Å². The van der Waals surface area contributed by atoms with Gasteiger partial charge in [-0.05, 0) is 49.6 Å². The number of carbonyl (C=O) groups is 1. The lowest BCUT2D eigenvalue weighted by Crippen LogP contribution is -2.18. The summed E-state index contributed by atoms with van der Waals surface area (Å²) in [5.74, 6) is -0.906. The van der Waals surface area contributed by atoms with Gasteiger partial charge in [0.05, 0.1) is 5.56 Å². The number of rotatable bonds is 2. The van der Waals surface area contributed by atoms with Crippen LogP contribution in [-0.2, 0) is 6.42 Å². The van der Waals surface area contributed by atoms with Crippen molar-refractivity contribution >= 4 is 17.3 Å². The fraction of sp³-hybridized carbons (Fsp3) is 0.235. The van der Waals surface area contributed by atoms with Gasteiger partial charge in [0.1, 0.15) is 5.82 Å². The Morgan fingerprint density at radius 2 is 2.14 bits per heavy atom. The Balaban J connectivity index is 1.90. The normalized spacial score (nSPS) is 13.2. The van der Waals surface area contributed by atoms with Crippen LogP contribution >= 0.6 is 0 Å². The van der Waals surface area contributed by atoms with Crippen molar-refractivity contribution in [3.63, 3.8) is 0 Å². The van der Waals surface area contributed by atoms with Gasteiger partial charge in [-0.3, -0.25) is 4.79 Å². The summed E-state index contributed by atoms with van der Waals surface area (Å²) in [6, 6.07) is 10.3. The van der Waals surface area contributed by atoms with Gasteiger partial charge in [-0.15, -0.1) is 0 Å². The Hall–Kier alpha value is -2.36. The number of amides is 1. The smallest absolute Gasteiger partial charge is 0.258 e. The van der Waals surface area contributed by atoms with E-state index in [2.05, 4.69) is 10.6 Å². The van der Waals surface area contributed by atoms with E-state index in [1.807, 2.05) is 25.1 Å². The molecule has 2 N–H and O–H groups in total. The Labute approximate surface area is 123 Å². The van der Waals surface area contributed by atoms with Crippen molar-refractivity contribution in [2.24, 2.45) is 0 Å². The minimum Gasteiger partial charge on any atom is -0.385 e. The lowest BCUT2D eigenvalue weighted by Gasteiger charge is -2.21. The molecule has 3 nitrogen and oxygen atoms in total. The third kappa shape index (κ3) is 2.75. The van der Waals surface area contributed by atoms with Gasteiger partial charge >= 0.3 is 0 Å². The second-order valence-electron chi connectivity index (χ2n) is 5.30. The predicted molar refractivity (Wildman–Crippen MR) is 82.3 cm³/mol. The Morgan fingerprint density at radius 3 is 3.00 bits per heavy atom. The number of carbonyl (C=O) groups excluding carboxylic acids is 1. The number of hydrogen-bond acceptors (Lipinski definition) is 2. The molecule has 1 aliphatic rings. The number of anilines is 2. The molecular formula is C17H17FN2O. The quantitative estimate of drug-likeness (QED) is 0.882. The van der Waals surface area contributed by atoms with Gasteiger partial charge in [0.15, 0.2) is 0 Å². The van der Waals surface area contributed by atoms with E-state index >= 15 is 0 Å². The highest BCUT2D eigenvalue weighted by Crippen LogP contribution is 2.29. The zero-order valence-corrected chi connectivity index (χ0v) is 11.9. The summed E-state index contributed by atoms with van der Waals surface area (Å²) in [5.41, 5.74) is 3.83. The molecule has 0 aromatic heterocycles. The topological polar surface area (TPSA) is 41.1 Å². The van der Waals surface area contributed by atoms with Gasteiger partial charge in [0.25, 0.3) is 5.91 Å². The minimum atomic E-state index is -0.499. The summed E-state index contributed by atoms with van der Waals surface area (Å²) in [4.78, 5) is 12.3. The highest BCUT2D eigenvalue weighted by Gasteiger charge is 2.16. The highest BCUT2D eigenvalue weighted by atomic mass is 19.1. The van der Waals surface area contributed by atoms with Crippen molar-refractivity contribution in [1.82, 2.24) is 0 Å². The van der Waals surface area contributed by atoms with Crippen molar-refractivity contribution in [3.05, 3.63) is 58.9 Å². The highest BCUT2D eigenvalue weighted by molar-refractivity contribution is 6.05. The lowest BCUT2D eigenvalue weighted by molar-refractivity contribution is 0.102. The molecule has 0 atom stereocenters. The molecule has 0 saturated heterocycles. The summed E-state index contributed by atoms with van der Waals surface area (Å²) in [6.45, 7) is 2.78. The number of fused-ring (bicyclic) bond motifs is 1. The first-order valence-corrected chi connectivity index (χ1v) is 7.08. The third-order valence-electron chi connectivity index (χ3n) is 3.71. The average molecular weight is 284 g/mol. The molecule has 1 heterocycles. The summed E-state index contributed by atoms with van der Waals surface area (Å²) >= 11 is 0. The molecule has 2 aromatic rings. The van der Waals surface area contributed by atoms with Gasteiger partial charge in [0, 0.05) is 17.9 Å². The van der Waals surface area contributed by atoms with Crippen LogP contribution in [0.3, 0.4) is 0 Å². The molecule has 0 saturated carbocycles. The van der Waals surface area contributed by atoms with Crippen molar-refractivity contribution in [1.29, 1.82) is 0 Å². The molecule has 0 unspecified atom stereocenters. The maximum absolute atomic E-state index is 13.8. The number of benzene rings is 2. The van der Waals surface area contributed by atoms with Gasteiger partial charge in [0.2, 0.25) is 0 Å². The van der Waals surface area contributed by atoms with Crippen LogP contribution in [0.25, 0.3) is 0 Å². The van der Waals surface area contributed by atoms with Crippen LogP contribution in [-0.4, -0.2) is 12.5 Å². The van der Waals surface area contributed by atoms with E-state index in [1.54, 1.807) is 12.1 Å². The van der Waals surface area contributed by atoms with Crippen LogP contribution < -0.4 is 10.6 Å². The van der Waals surface area contributed by atoms with E-state index in [0.717, 1.165) is 41.9 Å². The van der Waals surface area contributed by atoms with E-state index in [-0.39, 0.29) is 5.56 Å². The standard InChI is InChI=1S/C17H17FN2O/c1-11-7-8-14(18)13(10-11)17(21)20-16-6-2-5-15-12(16)4-3-9-19-15/h2,5-8,10,19H,3-4,9H2,1H3,(H,20,21). The molecule has 2 aromatic carbocycles. The fourth-order valence-electron chi connectivity index (χ4n) is 2.63. The number of nitrogens with one attached hydrogen (secondary N) is 2. The fourth-order valence-corrected chi connectivity index (χ4v) is 2.63. The van der Waals surface area contributed by atoms with Gasteiger partial charge in [-0.1, -0.05) is 17.7 Å². The van der Waals surface area contributed by atoms with Crippen molar-refractivity contribution in [2.75, 3.05) is 17.2 Å². The maximum atomic E-state index is 13.8. The monoisotopic (exact) mass is 284 g/mol. The number of aryl methyl sites for hydroxylation is 1. The van der Waals surface area contributed by atoms with Crippen molar-refractivity contribution in [3.8, 4) is 0 Å². The minimum absolute atomic E-state index is 0.0800. The zero-order valence-electron chi connectivity index (χ0n) is 11.9. The van der Waals surface area contributed by atoms with Crippen LogP contribution in [0.2, 0.25) is 0 Å². The van der Waals surface area contributed by atoms with Crippen LogP contribution in [0.15, 0.2) is 36.4 Å². The van der Waals surface area contributed by atoms with Crippen LogP contribution in [0.4, 0.5) is 15.8 Å². The first-order valence-electron chi connectivity index (χ1n) is 7.08. The van der Waals surface area contributed by atoms with Gasteiger partial charge < -0.3 is 10.6 Å². The maximum Gasteiger partial charge on any atom is 0.258 e. The van der Waals surface area contributed by atoms with Gasteiger partial charge in [-0.2, -0.15) is 0 Å². The molecule has 0 bridgehead atoms. The van der Waals surface area contributed by atoms with Crippen LogP contribution in [0.5, 0.6) is 0 Å². The molecule has 1 amide bonds. The van der Waals surface area contributed by atoms with Crippen LogP contribution in [0.1, 0.15) is 27.9 Å². The Bertz CT molecular complexity index is 697.